The highest BCUT2D eigenvalue weighted by Crippen LogP contribution is 2.45. The van der Waals surface area contributed by atoms with Crippen LogP contribution in [-0.2, 0) is 31.6 Å². The lowest BCUT2D eigenvalue weighted by molar-refractivity contribution is -0.140. The summed E-state index contributed by atoms with van der Waals surface area (Å²) in [5, 5.41) is 9.24. The van der Waals surface area contributed by atoms with E-state index < -0.39 is 21.6 Å². The van der Waals surface area contributed by atoms with Crippen molar-refractivity contribution in [3.63, 3.8) is 0 Å². The molecule has 1 spiro atoms. The second-order valence-electron chi connectivity index (χ2n) is 6.66. The molecule has 2 aliphatic heterocycles. The van der Waals surface area contributed by atoms with Crippen LogP contribution in [0.4, 0.5) is 0 Å². The van der Waals surface area contributed by atoms with Crippen molar-refractivity contribution in [1.82, 2.24) is 9.62 Å². The fraction of sp³-hybridized carbons (Fsp3) is 0.625. The normalized spacial score (nSPS) is 19.3. The van der Waals surface area contributed by atoms with Crippen LogP contribution in [0.5, 0.6) is 0 Å². The van der Waals surface area contributed by atoms with Gasteiger partial charge in [0.2, 0.25) is 15.9 Å². The number of aromatic carboxylic acids is 1. The van der Waals surface area contributed by atoms with E-state index in [0.29, 0.717) is 43.8 Å². The average Bonchev–Trinajstić information content (AvgIpc) is 3.00. The third-order valence-electron chi connectivity index (χ3n) is 4.81. The van der Waals surface area contributed by atoms with Crippen LogP contribution < -0.4 is 4.72 Å². The van der Waals surface area contributed by atoms with Gasteiger partial charge in [-0.3, -0.25) is 4.79 Å². The number of thiophene rings is 1. The Morgan fingerprint density at radius 2 is 2.08 bits per heavy atom. The summed E-state index contributed by atoms with van der Waals surface area (Å²) in [5.74, 6) is -1.02. The Morgan fingerprint density at radius 1 is 1.38 bits per heavy atom. The second kappa shape index (κ2) is 7.26. The van der Waals surface area contributed by atoms with E-state index in [1.165, 1.54) is 11.3 Å². The number of amides is 1. The first-order valence-corrected chi connectivity index (χ1v) is 11.1. The Bertz CT molecular complexity index is 809. The molecule has 2 aliphatic rings. The number of likely N-dealkylation sites (tertiary alicyclic amines) is 1. The van der Waals surface area contributed by atoms with Crippen LogP contribution in [0.3, 0.4) is 0 Å². The largest absolute Gasteiger partial charge is 0.477 e. The van der Waals surface area contributed by atoms with Crippen molar-refractivity contribution in [2.24, 2.45) is 0 Å². The van der Waals surface area contributed by atoms with Crippen molar-refractivity contribution in [3.05, 3.63) is 21.4 Å². The SMILES string of the molecule is CS(=O)(=O)NCCC(=O)N1CCC2(CC1)OCCc1cc(C(=O)O)sc12. The number of carbonyl (C=O) groups excluding carboxylic acids is 1. The van der Waals surface area contributed by atoms with E-state index >= 15 is 0 Å². The zero-order valence-electron chi connectivity index (χ0n) is 14.5. The molecule has 0 aliphatic carbocycles. The molecular weight excluding hydrogens is 380 g/mol. The molecule has 2 N–H and O–H groups in total. The molecule has 1 aromatic heterocycles. The summed E-state index contributed by atoms with van der Waals surface area (Å²) in [6.07, 6.45) is 3.12. The molecule has 0 bridgehead atoms. The van der Waals surface area contributed by atoms with Gasteiger partial charge in [0.1, 0.15) is 10.5 Å². The van der Waals surface area contributed by atoms with Crippen LogP contribution in [0.15, 0.2) is 6.07 Å². The topological polar surface area (TPSA) is 113 Å². The van der Waals surface area contributed by atoms with Gasteiger partial charge in [-0.15, -0.1) is 11.3 Å². The van der Waals surface area contributed by atoms with E-state index in [2.05, 4.69) is 4.72 Å². The zero-order chi connectivity index (χ0) is 18.9. The number of fused-ring (bicyclic) bond motifs is 2. The Morgan fingerprint density at radius 3 is 2.69 bits per heavy atom. The van der Waals surface area contributed by atoms with Crippen molar-refractivity contribution < 1.29 is 27.9 Å². The molecule has 0 atom stereocenters. The lowest BCUT2D eigenvalue weighted by Crippen LogP contribution is -2.48. The molecule has 0 aromatic carbocycles. The van der Waals surface area contributed by atoms with Crippen molar-refractivity contribution in [2.75, 3.05) is 32.5 Å². The van der Waals surface area contributed by atoms with Crippen molar-refractivity contribution in [3.8, 4) is 0 Å². The Labute approximate surface area is 156 Å². The maximum Gasteiger partial charge on any atom is 0.345 e. The van der Waals surface area contributed by atoms with E-state index in [0.717, 1.165) is 16.7 Å². The van der Waals surface area contributed by atoms with Gasteiger partial charge in [0.25, 0.3) is 0 Å². The molecule has 0 unspecified atom stereocenters. The minimum absolute atomic E-state index is 0.0901. The van der Waals surface area contributed by atoms with E-state index in [-0.39, 0.29) is 18.9 Å². The van der Waals surface area contributed by atoms with E-state index in [1.54, 1.807) is 11.0 Å². The summed E-state index contributed by atoms with van der Waals surface area (Å²) in [6, 6.07) is 1.74. The number of rotatable bonds is 5. The summed E-state index contributed by atoms with van der Waals surface area (Å²) < 4.78 is 30.5. The molecule has 0 radical (unpaired) electrons. The van der Waals surface area contributed by atoms with Gasteiger partial charge in [0.05, 0.1) is 12.9 Å². The highest BCUT2D eigenvalue weighted by atomic mass is 32.2. The third kappa shape index (κ3) is 4.08. The van der Waals surface area contributed by atoms with Crippen molar-refractivity contribution in [1.29, 1.82) is 0 Å². The van der Waals surface area contributed by atoms with E-state index in [9.17, 15) is 23.1 Å². The number of carbonyl (C=O) groups is 2. The number of piperidine rings is 1. The minimum atomic E-state index is -3.30. The number of nitrogens with one attached hydrogen (secondary N) is 1. The van der Waals surface area contributed by atoms with Crippen LogP contribution in [-0.4, -0.2) is 62.8 Å². The Hall–Kier alpha value is -1.49. The van der Waals surface area contributed by atoms with Crippen molar-refractivity contribution in [2.45, 2.75) is 31.3 Å². The maximum atomic E-state index is 12.3. The lowest BCUT2D eigenvalue weighted by atomic mass is 9.85. The first-order valence-electron chi connectivity index (χ1n) is 8.43. The number of nitrogens with zero attached hydrogens (tertiary/aromatic N) is 1. The van der Waals surface area contributed by atoms with Gasteiger partial charge in [-0.1, -0.05) is 0 Å². The molecule has 0 saturated carbocycles. The fourth-order valence-corrected chi connectivity index (χ4v) is 5.24. The first-order chi connectivity index (χ1) is 12.2. The molecule has 8 nitrogen and oxygen atoms in total. The highest BCUT2D eigenvalue weighted by Gasteiger charge is 2.43. The number of sulfonamides is 1. The summed E-state index contributed by atoms with van der Waals surface area (Å²) in [7, 11) is -3.30. The summed E-state index contributed by atoms with van der Waals surface area (Å²) in [4.78, 5) is 26.6. The van der Waals surface area contributed by atoms with Crippen LogP contribution in [0.2, 0.25) is 0 Å². The maximum absolute atomic E-state index is 12.3. The number of hydrogen-bond acceptors (Lipinski definition) is 6. The monoisotopic (exact) mass is 402 g/mol. The molecular formula is C16H22N2O6S2. The minimum Gasteiger partial charge on any atom is -0.477 e. The number of ether oxygens (including phenoxy) is 1. The van der Waals surface area contributed by atoms with Crippen LogP contribution in [0.25, 0.3) is 0 Å². The van der Waals surface area contributed by atoms with Gasteiger partial charge >= 0.3 is 5.97 Å². The summed E-state index contributed by atoms with van der Waals surface area (Å²) in [6.45, 7) is 1.66. The Kier molecular flexibility index (Phi) is 5.38. The predicted octanol–water partition coefficient (Wildman–Crippen LogP) is 0.776. The van der Waals surface area contributed by atoms with Gasteiger partial charge in [0, 0.05) is 30.9 Å². The molecule has 1 amide bonds. The van der Waals surface area contributed by atoms with Gasteiger partial charge < -0.3 is 14.7 Å². The molecule has 1 fully saturated rings. The lowest BCUT2D eigenvalue weighted by Gasteiger charge is -2.43. The third-order valence-corrected chi connectivity index (χ3v) is 6.89. The number of hydrogen-bond donors (Lipinski definition) is 2. The van der Waals surface area contributed by atoms with E-state index in [4.69, 9.17) is 4.74 Å². The standard InChI is InChI=1S/C16H22N2O6S2/c1-26(22,23)17-6-2-13(19)18-7-4-16(5-8-18)14-11(3-9-24-16)10-12(25-14)15(20)21/h10,17H,2-9H2,1H3,(H,20,21). The molecule has 3 heterocycles. The molecule has 1 aromatic rings. The van der Waals surface area contributed by atoms with Gasteiger partial charge in [-0.05, 0) is 30.9 Å². The zero-order valence-corrected chi connectivity index (χ0v) is 16.1. The van der Waals surface area contributed by atoms with Gasteiger partial charge in [-0.2, -0.15) is 0 Å². The molecule has 26 heavy (non-hydrogen) atoms. The van der Waals surface area contributed by atoms with Gasteiger partial charge in [-0.25, -0.2) is 17.9 Å². The van der Waals surface area contributed by atoms with Crippen LogP contribution in [0.1, 0.15) is 39.4 Å². The number of carboxylic acids is 1. The molecule has 10 heteroatoms. The fourth-order valence-electron chi connectivity index (χ4n) is 3.52. The van der Waals surface area contributed by atoms with Gasteiger partial charge in [0.15, 0.2) is 0 Å². The quantitative estimate of drug-likeness (QED) is 0.752. The second-order valence-corrected chi connectivity index (χ2v) is 9.55. The molecule has 144 valence electrons. The molecule has 1 saturated heterocycles. The van der Waals surface area contributed by atoms with Crippen LogP contribution >= 0.6 is 11.3 Å². The average molecular weight is 402 g/mol. The van der Waals surface area contributed by atoms with E-state index in [1.807, 2.05) is 0 Å². The summed E-state index contributed by atoms with van der Waals surface area (Å²) in [5.41, 5.74) is 0.532. The highest BCUT2D eigenvalue weighted by molar-refractivity contribution is 7.88. The predicted molar refractivity (Wildman–Crippen MR) is 95.9 cm³/mol. The van der Waals surface area contributed by atoms with Crippen molar-refractivity contribution >= 4 is 33.2 Å². The van der Waals surface area contributed by atoms with Crippen LogP contribution in [0, 0.1) is 0 Å². The summed E-state index contributed by atoms with van der Waals surface area (Å²) >= 11 is 1.27. The Balaban J connectivity index is 1.63. The smallest absolute Gasteiger partial charge is 0.345 e. The molecule has 3 rings (SSSR count). The first kappa shape index (κ1) is 19.3. The number of carboxylic acid groups (broad SMARTS) is 1.